The number of hydrogen-bond acceptors (Lipinski definition) is 8. The van der Waals surface area contributed by atoms with Gasteiger partial charge in [0.15, 0.2) is 9.84 Å². The van der Waals surface area contributed by atoms with Crippen molar-refractivity contribution < 1.29 is 31.5 Å². The second kappa shape index (κ2) is 10.2. The van der Waals surface area contributed by atoms with E-state index in [1.54, 1.807) is 6.07 Å². The largest absolute Gasteiger partial charge is 0.450 e. The van der Waals surface area contributed by atoms with Crippen LogP contribution in [0.4, 0.5) is 4.79 Å². The summed E-state index contributed by atoms with van der Waals surface area (Å²) in [6.07, 6.45) is 1.12. The monoisotopic (exact) mass is 461 g/mol. The lowest BCUT2D eigenvalue weighted by Crippen LogP contribution is -2.23. The molecule has 0 saturated heterocycles. The summed E-state index contributed by atoms with van der Waals surface area (Å²) in [5.74, 6) is -0.429. The van der Waals surface area contributed by atoms with Gasteiger partial charge in [0, 0.05) is 4.88 Å². The number of alkyl carbamates (subject to hydrolysis) is 1. The predicted molar refractivity (Wildman–Crippen MR) is 108 cm³/mol. The van der Waals surface area contributed by atoms with Gasteiger partial charge in [-0.05, 0) is 42.8 Å². The Kier molecular flexibility index (Phi) is 8.20. The van der Waals surface area contributed by atoms with Crippen LogP contribution in [-0.2, 0) is 31.0 Å². The molecule has 1 amide bonds. The summed E-state index contributed by atoms with van der Waals surface area (Å²) >= 11 is 1.01. The van der Waals surface area contributed by atoms with E-state index in [1.165, 1.54) is 30.3 Å². The quantitative estimate of drug-likeness (QED) is 0.520. The van der Waals surface area contributed by atoms with Crippen molar-refractivity contribution >= 4 is 37.1 Å². The average molecular weight is 462 g/mol. The minimum atomic E-state index is -3.82. The Bertz CT molecular complexity index is 1030. The summed E-state index contributed by atoms with van der Waals surface area (Å²) in [7, 11) is -7.47. The average Bonchev–Trinajstić information content (AvgIpc) is 3.17. The van der Waals surface area contributed by atoms with Crippen LogP contribution in [-0.4, -0.2) is 47.0 Å². The first kappa shape index (κ1) is 23.3. The van der Waals surface area contributed by atoms with Crippen molar-refractivity contribution in [3.63, 3.8) is 0 Å². The fraction of sp³-hybridized carbons (Fsp3) is 0.389. The number of benzene rings is 1. The molecule has 1 heterocycles. The zero-order valence-electron chi connectivity index (χ0n) is 15.8. The molecule has 0 aliphatic carbocycles. The van der Waals surface area contributed by atoms with Crippen LogP contribution < -0.4 is 5.32 Å². The lowest BCUT2D eigenvalue weighted by atomic mass is 10.4. The van der Waals surface area contributed by atoms with Crippen molar-refractivity contribution in [3.05, 3.63) is 41.3 Å². The van der Waals surface area contributed by atoms with Gasteiger partial charge in [0.2, 0.25) is 9.84 Å². The molecule has 0 saturated carbocycles. The number of hydrogen-bond donors (Lipinski definition) is 2. The van der Waals surface area contributed by atoms with E-state index in [2.05, 4.69) is 5.32 Å². The third-order valence-corrected chi connectivity index (χ3v) is 8.95. The number of carbonyl (C=O) groups is 1. The number of carbonyl (C=O) groups excluding carboxylic acids is 1. The van der Waals surface area contributed by atoms with Crippen molar-refractivity contribution in [2.75, 3.05) is 19.0 Å². The molecule has 0 unspecified atom stereocenters. The van der Waals surface area contributed by atoms with Gasteiger partial charge in [-0.2, -0.15) is 0 Å². The van der Waals surface area contributed by atoms with Crippen LogP contribution >= 0.6 is 11.3 Å². The number of amides is 1. The number of thiophene rings is 1. The highest BCUT2D eigenvalue weighted by atomic mass is 32.2. The summed E-state index contributed by atoms with van der Waals surface area (Å²) < 4.78 is 54.4. The Balaban J connectivity index is 2.08. The Morgan fingerprint density at radius 3 is 2.34 bits per heavy atom. The molecule has 160 valence electrons. The van der Waals surface area contributed by atoms with E-state index < -0.39 is 38.1 Å². The van der Waals surface area contributed by atoms with E-state index in [0.29, 0.717) is 11.5 Å². The van der Waals surface area contributed by atoms with Crippen LogP contribution in [0, 0.1) is 0 Å². The zero-order chi connectivity index (χ0) is 21.5. The lowest BCUT2D eigenvalue weighted by molar-refractivity contribution is 0.144. The smallest absolute Gasteiger partial charge is 0.407 e. The Hall–Kier alpha value is -1.95. The van der Waals surface area contributed by atoms with Gasteiger partial charge in [-0.3, -0.25) is 0 Å². The van der Waals surface area contributed by atoms with Gasteiger partial charge in [-0.1, -0.05) is 13.3 Å². The molecule has 0 fully saturated rings. The van der Waals surface area contributed by atoms with E-state index in [4.69, 9.17) is 9.84 Å². The first-order valence-corrected chi connectivity index (χ1v) is 12.8. The highest BCUT2D eigenvalue weighted by Crippen LogP contribution is 2.28. The number of unbranched alkanes of at least 4 members (excludes halogenated alkanes) is 1. The molecule has 29 heavy (non-hydrogen) atoms. The third-order valence-electron chi connectivity index (χ3n) is 3.89. The molecule has 1 aromatic heterocycles. The number of aliphatic hydroxyl groups excluding tert-OH is 1. The Morgan fingerprint density at radius 1 is 1.07 bits per heavy atom. The molecule has 0 atom stereocenters. The number of sulfone groups is 2. The molecule has 2 aromatic rings. The second-order valence-electron chi connectivity index (χ2n) is 6.08. The maximum absolute atomic E-state index is 12.8. The summed E-state index contributed by atoms with van der Waals surface area (Å²) in [6.45, 7) is 1.94. The highest BCUT2D eigenvalue weighted by molar-refractivity contribution is 7.93. The highest BCUT2D eigenvalue weighted by Gasteiger charge is 2.22. The predicted octanol–water partition coefficient (Wildman–Crippen LogP) is 2.37. The number of aliphatic hydroxyl groups is 1. The van der Waals surface area contributed by atoms with Crippen molar-refractivity contribution in [1.82, 2.24) is 5.32 Å². The van der Waals surface area contributed by atoms with Crippen molar-refractivity contribution in [3.8, 4) is 0 Å². The molecule has 2 rings (SSSR count). The van der Waals surface area contributed by atoms with E-state index >= 15 is 0 Å². The molecule has 0 radical (unpaired) electrons. The lowest BCUT2D eigenvalue weighted by Gasteiger charge is -2.06. The second-order valence-corrected chi connectivity index (χ2v) is 11.5. The minimum absolute atomic E-state index is 0.0409. The standard InChI is InChI=1S/C18H23NO7S3/c1-2-3-11-26-18(21)19-13-14-4-9-17(27-14)29(24,25)16-7-5-15(6-8-16)28(22,23)12-10-20/h4-9,20H,2-3,10-13H2,1H3,(H,19,21). The van der Waals surface area contributed by atoms with Crippen LogP contribution in [0.1, 0.15) is 24.6 Å². The summed E-state index contributed by atoms with van der Waals surface area (Å²) in [5.41, 5.74) is 0. The first-order valence-electron chi connectivity index (χ1n) is 8.89. The molecule has 0 spiro atoms. The molecule has 0 bridgehead atoms. The van der Waals surface area contributed by atoms with Crippen LogP contribution in [0.5, 0.6) is 0 Å². The van der Waals surface area contributed by atoms with Crippen molar-refractivity contribution in [2.24, 2.45) is 0 Å². The molecule has 8 nitrogen and oxygen atoms in total. The number of ether oxygens (including phenoxy) is 1. The third kappa shape index (κ3) is 6.26. The normalized spacial score (nSPS) is 11.9. The summed E-state index contributed by atoms with van der Waals surface area (Å²) in [4.78, 5) is 12.1. The van der Waals surface area contributed by atoms with Gasteiger partial charge < -0.3 is 15.2 Å². The molecular formula is C18H23NO7S3. The van der Waals surface area contributed by atoms with Crippen molar-refractivity contribution in [2.45, 2.75) is 40.3 Å². The van der Waals surface area contributed by atoms with Gasteiger partial charge in [0.05, 0.1) is 35.3 Å². The Labute approximate surface area is 174 Å². The molecular weight excluding hydrogens is 438 g/mol. The molecule has 11 heteroatoms. The van der Waals surface area contributed by atoms with Crippen LogP contribution in [0.25, 0.3) is 0 Å². The van der Waals surface area contributed by atoms with E-state index in [1.807, 2.05) is 6.92 Å². The van der Waals surface area contributed by atoms with Crippen LogP contribution in [0.2, 0.25) is 0 Å². The number of nitrogens with one attached hydrogen (secondary N) is 1. The maximum atomic E-state index is 12.8. The van der Waals surface area contributed by atoms with Gasteiger partial charge >= 0.3 is 6.09 Å². The van der Waals surface area contributed by atoms with Crippen molar-refractivity contribution in [1.29, 1.82) is 0 Å². The van der Waals surface area contributed by atoms with E-state index in [0.717, 1.165) is 24.2 Å². The van der Waals surface area contributed by atoms with Crippen LogP contribution in [0.3, 0.4) is 0 Å². The van der Waals surface area contributed by atoms with Crippen LogP contribution in [0.15, 0.2) is 50.4 Å². The summed E-state index contributed by atoms with van der Waals surface area (Å²) in [5, 5.41) is 11.4. The fourth-order valence-electron chi connectivity index (χ4n) is 2.30. The molecule has 2 N–H and O–H groups in total. The molecule has 0 aliphatic rings. The van der Waals surface area contributed by atoms with Gasteiger partial charge in [0.1, 0.15) is 4.21 Å². The topological polar surface area (TPSA) is 127 Å². The van der Waals surface area contributed by atoms with Gasteiger partial charge in [-0.25, -0.2) is 21.6 Å². The molecule has 0 aliphatic heterocycles. The molecule has 1 aromatic carbocycles. The van der Waals surface area contributed by atoms with E-state index in [9.17, 15) is 21.6 Å². The SMILES string of the molecule is CCCCOC(=O)NCc1ccc(S(=O)(=O)c2ccc(S(=O)(=O)CCO)cc2)s1. The maximum Gasteiger partial charge on any atom is 0.407 e. The zero-order valence-corrected chi connectivity index (χ0v) is 18.3. The Morgan fingerprint density at radius 2 is 1.72 bits per heavy atom. The van der Waals surface area contributed by atoms with Gasteiger partial charge in [-0.15, -0.1) is 11.3 Å². The summed E-state index contributed by atoms with van der Waals surface area (Å²) in [6, 6.07) is 7.91. The van der Waals surface area contributed by atoms with E-state index in [-0.39, 0.29) is 20.5 Å². The number of rotatable bonds is 10. The first-order chi connectivity index (χ1) is 13.7. The van der Waals surface area contributed by atoms with Gasteiger partial charge in [0.25, 0.3) is 0 Å². The fourth-order valence-corrected chi connectivity index (χ4v) is 6.02. The minimum Gasteiger partial charge on any atom is -0.450 e.